The van der Waals surface area contributed by atoms with Gasteiger partial charge in [0.15, 0.2) is 5.78 Å². The van der Waals surface area contributed by atoms with Crippen LogP contribution in [0.4, 0.5) is 0 Å². The van der Waals surface area contributed by atoms with E-state index in [1.165, 1.54) is 6.07 Å². The highest BCUT2D eigenvalue weighted by atomic mass is 16.4. The van der Waals surface area contributed by atoms with Gasteiger partial charge in [0.05, 0.1) is 11.5 Å². The summed E-state index contributed by atoms with van der Waals surface area (Å²) in [5.74, 6) is -2.36. The van der Waals surface area contributed by atoms with E-state index in [-0.39, 0.29) is 17.1 Å². The molecule has 2 rings (SSSR count). The molecule has 19 heavy (non-hydrogen) atoms. The Kier molecular flexibility index (Phi) is 3.88. The number of benzene rings is 1. The van der Waals surface area contributed by atoms with Crippen molar-refractivity contribution in [2.75, 3.05) is 0 Å². The Labute approximate surface area is 112 Å². The lowest BCUT2D eigenvalue weighted by atomic mass is 9.75. The van der Waals surface area contributed by atoms with Gasteiger partial charge in [0, 0.05) is 5.92 Å². The Morgan fingerprint density at radius 3 is 2.42 bits per heavy atom. The van der Waals surface area contributed by atoms with Crippen LogP contribution < -0.4 is 0 Å². The predicted octanol–water partition coefficient (Wildman–Crippen LogP) is 2.77. The fourth-order valence-corrected chi connectivity index (χ4v) is 2.79. The highest BCUT2D eigenvalue weighted by Crippen LogP contribution is 2.34. The van der Waals surface area contributed by atoms with Gasteiger partial charge in [-0.25, -0.2) is 0 Å². The molecule has 0 aromatic heterocycles. The lowest BCUT2D eigenvalue weighted by molar-refractivity contribution is -0.144. The molecule has 1 fully saturated rings. The molecule has 0 bridgehead atoms. The Balaban J connectivity index is 2.31. The van der Waals surface area contributed by atoms with Gasteiger partial charge in [-0.15, -0.1) is 0 Å². The van der Waals surface area contributed by atoms with Crippen molar-refractivity contribution in [3.05, 3.63) is 29.3 Å². The fraction of sp³-hybridized carbons (Fsp3) is 0.467. The SMILES string of the molecule is Cc1ccc(O)c(C(=O)[C@H]2CCCC[C@@H]2C(=O)O)c1. The number of aryl methyl sites for hydroxylation is 1. The molecule has 2 N–H and O–H groups in total. The number of ketones is 1. The summed E-state index contributed by atoms with van der Waals surface area (Å²) in [6, 6.07) is 4.84. The van der Waals surface area contributed by atoms with E-state index < -0.39 is 17.8 Å². The molecule has 0 unspecified atom stereocenters. The van der Waals surface area contributed by atoms with Crippen LogP contribution in [-0.2, 0) is 4.79 Å². The molecular formula is C15H18O4. The molecule has 1 aromatic rings. The zero-order valence-electron chi connectivity index (χ0n) is 10.9. The van der Waals surface area contributed by atoms with E-state index in [2.05, 4.69) is 0 Å². The zero-order valence-corrected chi connectivity index (χ0v) is 10.9. The number of carboxylic acid groups (broad SMARTS) is 1. The molecule has 2 atom stereocenters. The van der Waals surface area contributed by atoms with Crippen molar-refractivity contribution < 1.29 is 19.8 Å². The minimum atomic E-state index is -0.912. The van der Waals surface area contributed by atoms with Crippen molar-refractivity contribution in [3.63, 3.8) is 0 Å². The molecular weight excluding hydrogens is 244 g/mol. The lowest BCUT2D eigenvalue weighted by Crippen LogP contribution is -2.32. The first kappa shape index (κ1) is 13.6. The van der Waals surface area contributed by atoms with Crippen molar-refractivity contribution in [1.82, 2.24) is 0 Å². The van der Waals surface area contributed by atoms with Gasteiger partial charge in [-0.3, -0.25) is 9.59 Å². The van der Waals surface area contributed by atoms with Gasteiger partial charge in [0.25, 0.3) is 0 Å². The Morgan fingerprint density at radius 2 is 1.79 bits per heavy atom. The molecule has 0 radical (unpaired) electrons. The zero-order chi connectivity index (χ0) is 14.0. The van der Waals surface area contributed by atoms with Crippen LogP contribution >= 0.6 is 0 Å². The number of phenolic OH excluding ortho intramolecular Hbond substituents is 1. The van der Waals surface area contributed by atoms with E-state index in [1.54, 1.807) is 12.1 Å². The standard InChI is InChI=1S/C15H18O4/c1-9-6-7-13(16)12(8-9)14(17)10-4-2-3-5-11(10)15(18)19/h6-8,10-11,16H,2-5H2,1H3,(H,18,19)/t10-,11-/m0/s1. The first-order valence-corrected chi connectivity index (χ1v) is 6.57. The van der Waals surface area contributed by atoms with Crippen molar-refractivity contribution in [2.24, 2.45) is 11.8 Å². The van der Waals surface area contributed by atoms with Crippen LogP contribution in [0.5, 0.6) is 5.75 Å². The maximum atomic E-state index is 12.5. The second-order valence-electron chi connectivity index (χ2n) is 5.22. The largest absolute Gasteiger partial charge is 0.507 e. The highest BCUT2D eigenvalue weighted by Gasteiger charge is 2.36. The number of rotatable bonds is 3. The number of phenols is 1. The van der Waals surface area contributed by atoms with Crippen molar-refractivity contribution in [3.8, 4) is 5.75 Å². The second kappa shape index (κ2) is 5.43. The van der Waals surface area contributed by atoms with E-state index in [4.69, 9.17) is 0 Å². The molecule has 0 amide bonds. The van der Waals surface area contributed by atoms with Crippen molar-refractivity contribution in [1.29, 1.82) is 0 Å². The number of hydrogen-bond acceptors (Lipinski definition) is 3. The summed E-state index contributed by atoms with van der Waals surface area (Å²) in [6.45, 7) is 1.84. The van der Waals surface area contributed by atoms with Crippen molar-refractivity contribution in [2.45, 2.75) is 32.6 Å². The van der Waals surface area contributed by atoms with Crippen LogP contribution in [0.1, 0.15) is 41.6 Å². The third-order valence-electron chi connectivity index (χ3n) is 3.84. The highest BCUT2D eigenvalue weighted by molar-refractivity contribution is 6.02. The van der Waals surface area contributed by atoms with E-state index in [0.29, 0.717) is 12.8 Å². The van der Waals surface area contributed by atoms with Crippen LogP contribution in [0.25, 0.3) is 0 Å². The molecule has 4 heteroatoms. The van der Waals surface area contributed by atoms with Gasteiger partial charge in [-0.1, -0.05) is 24.5 Å². The quantitative estimate of drug-likeness (QED) is 0.821. The normalized spacial score (nSPS) is 23.0. The van der Waals surface area contributed by atoms with E-state index >= 15 is 0 Å². The first-order valence-electron chi connectivity index (χ1n) is 6.57. The Bertz CT molecular complexity index is 507. The van der Waals surface area contributed by atoms with Crippen LogP contribution in [0, 0.1) is 18.8 Å². The maximum absolute atomic E-state index is 12.5. The average molecular weight is 262 g/mol. The van der Waals surface area contributed by atoms with Crippen LogP contribution in [-0.4, -0.2) is 22.0 Å². The molecule has 0 saturated heterocycles. The lowest BCUT2D eigenvalue weighted by Gasteiger charge is -2.27. The van der Waals surface area contributed by atoms with Gasteiger partial charge in [0.1, 0.15) is 5.75 Å². The van der Waals surface area contributed by atoms with Gasteiger partial charge < -0.3 is 10.2 Å². The number of carbonyl (C=O) groups excluding carboxylic acids is 1. The molecule has 1 aliphatic rings. The van der Waals surface area contributed by atoms with Gasteiger partial charge in [-0.05, 0) is 31.9 Å². The number of aliphatic carboxylic acids is 1. The number of aromatic hydroxyl groups is 1. The Morgan fingerprint density at radius 1 is 1.16 bits per heavy atom. The summed E-state index contributed by atoms with van der Waals surface area (Å²) in [5, 5.41) is 19.0. The van der Waals surface area contributed by atoms with E-state index in [0.717, 1.165) is 18.4 Å². The van der Waals surface area contributed by atoms with Gasteiger partial charge >= 0.3 is 5.97 Å². The number of carbonyl (C=O) groups is 2. The minimum Gasteiger partial charge on any atom is -0.507 e. The summed E-state index contributed by atoms with van der Waals surface area (Å²) >= 11 is 0. The molecule has 0 spiro atoms. The number of Topliss-reactive ketones (excluding diaryl/α,β-unsaturated/α-hetero) is 1. The number of carboxylic acids is 1. The van der Waals surface area contributed by atoms with Gasteiger partial charge in [0.2, 0.25) is 0 Å². The van der Waals surface area contributed by atoms with Crippen LogP contribution in [0.2, 0.25) is 0 Å². The third kappa shape index (κ3) is 2.78. The summed E-state index contributed by atoms with van der Waals surface area (Å²) in [5.41, 5.74) is 1.13. The average Bonchev–Trinajstić information content (AvgIpc) is 2.40. The molecule has 0 heterocycles. The minimum absolute atomic E-state index is 0.0645. The summed E-state index contributed by atoms with van der Waals surface area (Å²) < 4.78 is 0. The predicted molar refractivity (Wildman–Crippen MR) is 70.3 cm³/mol. The molecule has 1 aromatic carbocycles. The smallest absolute Gasteiger partial charge is 0.307 e. The topological polar surface area (TPSA) is 74.6 Å². The summed E-state index contributed by atoms with van der Waals surface area (Å²) in [7, 11) is 0. The van der Waals surface area contributed by atoms with E-state index in [9.17, 15) is 19.8 Å². The fourth-order valence-electron chi connectivity index (χ4n) is 2.79. The molecule has 102 valence electrons. The molecule has 1 saturated carbocycles. The maximum Gasteiger partial charge on any atom is 0.307 e. The van der Waals surface area contributed by atoms with E-state index in [1.807, 2.05) is 6.92 Å². The summed E-state index contributed by atoms with van der Waals surface area (Å²) in [6.07, 6.45) is 2.84. The monoisotopic (exact) mass is 262 g/mol. The summed E-state index contributed by atoms with van der Waals surface area (Å²) in [4.78, 5) is 23.7. The second-order valence-corrected chi connectivity index (χ2v) is 5.22. The molecule has 4 nitrogen and oxygen atoms in total. The third-order valence-corrected chi connectivity index (χ3v) is 3.84. The number of hydrogen-bond donors (Lipinski definition) is 2. The van der Waals surface area contributed by atoms with Gasteiger partial charge in [-0.2, -0.15) is 0 Å². The first-order chi connectivity index (χ1) is 9.00. The van der Waals surface area contributed by atoms with Crippen molar-refractivity contribution >= 4 is 11.8 Å². The molecule has 0 aliphatic heterocycles. The Hall–Kier alpha value is -1.84. The van der Waals surface area contributed by atoms with Crippen LogP contribution in [0.15, 0.2) is 18.2 Å². The van der Waals surface area contributed by atoms with Crippen LogP contribution in [0.3, 0.4) is 0 Å². The molecule has 1 aliphatic carbocycles.